The van der Waals surface area contributed by atoms with E-state index in [1.54, 1.807) is 29.2 Å². The Bertz CT molecular complexity index is 1220. The summed E-state index contributed by atoms with van der Waals surface area (Å²) in [6.45, 7) is 0.928. The minimum absolute atomic E-state index is 0.00284. The minimum Gasteiger partial charge on any atom is -0.450 e. The van der Waals surface area contributed by atoms with E-state index in [4.69, 9.17) is 16.0 Å². The Morgan fingerprint density at radius 3 is 2.50 bits per heavy atom. The molecule has 0 spiro atoms. The van der Waals surface area contributed by atoms with Gasteiger partial charge in [0, 0.05) is 30.2 Å². The van der Waals surface area contributed by atoms with Gasteiger partial charge >= 0.3 is 0 Å². The predicted molar refractivity (Wildman–Crippen MR) is 112 cm³/mol. The Labute approximate surface area is 176 Å². The molecule has 30 heavy (non-hydrogen) atoms. The number of nitro benzene ring substituents is 1. The van der Waals surface area contributed by atoms with Crippen molar-refractivity contribution >= 4 is 34.2 Å². The molecule has 0 N–H and O–H groups in total. The van der Waals surface area contributed by atoms with E-state index in [1.165, 1.54) is 18.2 Å². The monoisotopic (exact) mass is 427 g/mol. The van der Waals surface area contributed by atoms with Crippen LogP contribution in [0, 0.1) is 10.1 Å². The van der Waals surface area contributed by atoms with E-state index in [0.29, 0.717) is 23.7 Å². The highest BCUT2D eigenvalue weighted by Crippen LogP contribution is 2.38. The van der Waals surface area contributed by atoms with E-state index in [9.17, 15) is 19.7 Å². The topological polar surface area (TPSA) is 96.9 Å². The number of hydrogen-bond donors (Lipinski definition) is 0. The molecular weight excluding hydrogens is 410 g/mol. The van der Waals surface area contributed by atoms with E-state index in [0.717, 1.165) is 0 Å². The van der Waals surface area contributed by atoms with E-state index in [2.05, 4.69) is 0 Å². The van der Waals surface area contributed by atoms with Crippen LogP contribution in [-0.4, -0.2) is 47.8 Å². The molecule has 1 aromatic heterocycles. The van der Waals surface area contributed by atoms with Gasteiger partial charge in [-0.05, 0) is 50.0 Å². The second-order valence-electron chi connectivity index (χ2n) is 7.37. The summed E-state index contributed by atoms with van der Waals surface area (Å²) in [6, 6.07) is 9.83. The van der Waals surface area contributed by atoms with Gasteiger partial charge in [0.25, 0.3) is 11.6 Å². The lowest BCUT2D eigenvalue weighted by atomic mass is 9.98. The highest BCUT2D eigenvalue weighted by molar-refractivity contribution is 6.31. The number of rotatable bonds is 5. The Balaban J connectivity index is 1.92. The van der Waals surface area contributed by atoms with Crippen molar-refractivity contribution in [2.24, 2.45) is 0 Å². The van der Waals surface area contributed by atoms with Crippen molar-refractivity contribution in [3.63, 3.8) is 0 Å². The Hall–Kier alpha value is -3.23. The van der Waals surface area contributed by atoms with Crippen molar-refractivity contribution in [2.75, 3.05) is 27.2 Å². The number of benzene rings is 2. The molecule has 4 rings (SSSR count). The minimum atomic E-state index is -0.701. The molecule has 1 atom stereocenters. The molecule has 0 aliphatic carbocycles. The molecule has 1 unspecified atom stereocenters. The first-order chi connectivity index (χ1) is 14.3. The van der Waals surface area contributed by atoms with Gasteiger partial charge in [-0.3, -0.25) is 19.7 Å². The molecular formula is C21H18ClN3O5. The fourth-order valence-electron chi connectivity index (χ4n) is 3.66. The first-order valence-corrected chi connectivity index (χ1v) is 9.62. The number of halogens is 1. The maximum atomic E-state index is 13.3. The van der Waals surface area contributed by atoms with Crippen molar-refractivity contribution in [3.05, 3.63) is 84.7 Å². The molecule has 8 nitrogen and oxygen atoms in total. The molecule has 1 aliphatic rings. The molecule has 0 saturated carbocycles. The number of likely N-dealkylation sites (N-methyl/N-ethyl adjacent to an activating group) is 1. The van der Waals surface area contributed by atoms with Crippen LogP contribution in [-0.2, 0) is 0 Å². The molecule has 1 aliphatic heterocycles. The number of nitrogens with zero attached hydrogens (tertiary/aromatic N) is 3. The van der Waals surface area contributed by atoms with Crippen LogP contribution in [0.5, 0.6) is 0 Å². The number of non-ortho nitro benzene ring substituents is 1. The normalized spacial score (nSPS) is 15.8. The van der Waals surface area contributed by atoms with Gasteiger partial charge in [-0.15, -0.1) is 0 Å². The van der Waals surface area contributed by atoms with Crippen LogP contribution in [0.25, 0.3) is 11.0 Å². The quantitative estimate of drug-likeness (QED) is 0.457. The van der Waals surface area contributed by atoms with Crippen LogP contribution < -0.4 is 5.43 Å². The van der Waals surface area contributed by atoms with Gasteiger partial charge in [0.1, 0.15) is 5.58 Å². The SMILES string of the molecule is CN(C)CCN1C(=O)c2oc3ccc(Cl)cc3c(=O)c2C1c1ccc([N+](=O)[O-])cc1. The standard InChI is InChI=1S/C21H18ClN3O5/c1-23(2)9-10-24-18(12-3-6-14(7-4-12)25(28)29)17-19(26)15-11-13(22)5-8-16(15)30-20(17)21(24)27/h3-8,11,18H,9-10H2,1-2H3. The maximum absolute atomic E-state index is 13.3. The largest absolute Gasteiger partial charge is 0.450 e. The molecule has 154 valence electrons. The van der Waals surface area contributed by atoms with Crippen molar-refractivity contribution in [3.8, 4) is 0 Å². The Morgan fingerprint density at radius 1 is 1.17 bits per heavy atom. The average Bonchev–Trinajstić information content (AvgIpc) is 2.99. The fourth-order valence-corrected chi connectivity index (χ4v) is 3.83. The summed E-state index contributed by atoms with van der Waals surface area (Å²) in [5.41, 5.74) is 0.703. The van der Waals surface area contributed by atoms with Crippen LogP contribution in [0.1, 0.15) is 27.7 Å². The van der Waals surface area contributed by atoms with Crippen molar-refractivity contribution in [2.45, 2.75) is 6.04 Å². The summed E-state index contributed by atoms with van der Waals surface area (Å²) in [7, 11) is 3.77. The first kappa shape index (κ1) is 20.1. The lowest BCUT2D eigenvalue weighted by Gasteiger charge is -2.26. The van der Waals surface area contributed by atoms with E-state index >= 15 is 0 Å². The molecule has 2 aromatic carbocycles. The average molecular weight is 428 g/mol. The number of carbonyl (C=O) groups is 1. The molecule has 9 heteroatoms. The zero-order chi connectivity index (χ0) is 21.6. The zero-order valence-corrected chi connectivity index (χ0v) is 17.0. The molecule has 0 bridgehead atoms. The van der Waals surface area contributed by atoms with Crippen LogP contribution in [0.4, 0.5) is 5.69 Å². The van der Waals surface area contributed by atoms with Gasteiger partial charge < -0.3 is 14.2 Å². The van der Waals surface area contributed by atoms with Crippen LogP contribution >= 0.6 is 11.6 Å². The second-order valence-corrected chi connectivity index (χ2v) is 7.80. The third kappa shape index (κ3) is 3.34. The summed E-state index contributed by atoms with van der Waals surface area (Å²) in [5.74, 6) is -0.388. The lowest BCUT2D eigenvalue weighted by molar-refractivity contribution is -0.384. The van der Waals surface area contributed by atoms with Crippen molar-refractivity contribution in [1.82, 2.24) is 9.80 Å². The van der Waals surface area contributed by atoms with Gasteiger partial charge in [-0.2, -0.15) is 0 Å². The zero-order valence-electron chi connectivity index (χ0n) is 16.3. The molecule has 2 heterocycles. The van der Waals surface area contributed by atoms with Crippen LogP contribution in [0.15, 0.2) is 51.7 Å². The van der Waals surface area contributed by atoms with Gasteiger partial charge in [0.05, 0.1) is 21.9 Å². The number of fused-ring (bicyclic) bond motifs is 2. The van der Waals surface area contributed by atoms with Gasteiger partial charge in [-0.25, -0.2) is 0 Å². The summed E-state index contributed by atoms with van der Waals surface area (Å²) in [4.78, 5) is 40.5. The maximum Gasteiger partial charge on any atom is 0.290 e. The number of carbonyl (C=O) groups excluding carboxylic acids is 1. The summed E-state index contributed by atoms with van der Waals surface area (Å²) in [6.07, 6.45) is 0. The molecule has 1 amide bonds. The van der Waals surface area contributed by atoms with Crippen LogP contribution in [0.2, 0.25) is 5.02 Å². The first-order valence-electron chi connectivity index (χ1n) is 9.24. The summed E-state index contributed by atoms with van der Waals surface area (Å²) >= 11 is 6.06. The summed E-state index contributed by atoms with van der Waals surface area (Å²) < 4.78 is 5.83. The fraction of sp³-hybridized carbons (Fsp3) is 0.238. The summed E-state index contributed by atoms with van der Waals surface area (Å²) in [5, 5.41) is 11.7. The number of nitro groups is 1. The smallest absolute Gasteiger partial charge is 0.290 e. The van der Waals surface area contributed by atoms with Crippen LogP contribution in [0.3, 0.4) is 0 Å². The molecule has 0 fully saturated rings. The number of hydrogen-bond acceptors (Lipinski definition) is 6. The van der Waals surface area contributed by atoms with Gasteiger partial charge in [-0.1, -0.05) is 11.6 Å². The Kier molecular flexibility index (Phi) is 5.05. The van der Waals surface area contributed by atoms with Gasteiger partial charge in [0.2, 0.25) is 5.76 Å². The van der Waals surface area contributed by atoms with Gasteiger partial charge in [0.15, 0.2) is 5.43 Å². The lowest BCUT2D eigenvalue weighted by Crippen LogP contribution is -2.35. The van der Waals surface area contributed by atoms with E-state index in [1.807, 2.05) is 19.0 Å². The third-order valence-electron chi connectivity index (χ3n) is 5.14. The predicted octanol–water partition coefficient (Wildman–Crippen LogP) is 3.46. The van der Waals surface area contributed by atoms with E-state index in [-0.39, 0.29) is 39.3 Å². The van der Waals surface area contributed by atoms with Crippen molar-refractivity contribution < 1.29 is 14.1 Å². The second kappa shape index (κ2) is 7.55. The Morgan fingerprint density at radius 2 is 1.87 bits per heavy atom. The molecule has 3 aromatic rings. The highest BCUT2D eigenvalue weighted by atomic mass is 35.5. The third-order valence-corrected chi connectivity index (χ3v) is 5.37. The molecule has 0 saturated heterocycles. The van der Waals surface area contributed by atoms with Crippen molar-refractivity contribution in [1.29, 1.82) is 0 Å². The number of amides is 1. The van der Waals surface area contributed by atoms with E-state index < -0.39 is 11.0 Å². The molecule has 0 radical (unpaired) electrons. The highest BCUT2D eigenvalue weighted by Gasteiger charge is 2.42.